The highest BCUT2D eigenvalue weighted by atomic mass is 16.5. The lowest BCUT2D eigenvalue weighted by atomic mass is 9.95. The maximum absolute atomic E-state index is 11.7. The zero-order valence-corrected chi connectivity index (χ0v) is 21.3. The molecule has 2 aliphatic rings. The minimum Gasteiger partial charge on any atom is -0.492 e. The van der Waals surface area contributed by atoms with Crippen LogP contribution in [0.1, 0.15) is 41.5 Å². The lowest BCUT2D eigenvalue weighted by molar-refractivity contribution is -0.141. The van der Waals surface area contributed by atoms with Gasteiger partial charge in [-0.05, 0) is 59.0 Å². The maximum Gasteiger partial charge on any atom is 0.306 e. The van der Waals surface area contributed by atoms with Gasteiger partial charge < -0.3 is 28.4 Å². The Morgan fingerprint density at radius 2 is 1.76 bits per heavy atom. The van der Waals surface area contributed by atoms with Crippen LogP contribution in [0.25, 0.3) is 11.1 Å². The van der Waals surface area contributed by atoms with Gasteiger partial charge in [-0.2, -0.15) is 0 Å². The number of fused-ring (bicyclic) bond motifs is 4. The molecule has 37 heavy (non-hydrogen) atoms. The summed E-state index contributed by atoms with van der Waals surface area (Å²) >= 11 is 0. The van der Waals surface area contributed by atoms with Gasteiger partial charge in [-0.25, -0.2) is 0 Å². The van der Waals surface area contributed by atoms with E-state index in [2.05, 4.69) is 30.3 Å². The first-order chi connectivity index (χ1) is 18.1. The smallest absolute Gasteiger partial charge is 0.306 e. The van der Waals surface area contributed by atoms with Crippen molar-refractivity contribution >= 4 is 5.97 Å². The van der Waals surface area contributed by atoms with Crippen molar-refractivity contribution in [2.75, 3.05) is 33.5 Å². The molecular weight excluding hydrogens is 472 g/mol. The van der Waals surface area contributed by atoms with Crippen molar-refractivity contribution in [3.8, 4) is 28.4 Å². The Morgan fingerprint density at radius 1 is 0.919 bits per heavy atom. The van der Waals surface area contributed by atoms with Crippen LogP contribution in [-0.2, 0) is 38.8 Å². The lowest BCUT2D eigenvalue weighted by Gasteiger charge is -2.14. The van der Waals surface area contributed by atoms with Crippen molar-refractivity contribution in [1.29, 1.82) is 0 Å². The first-order valence-corrected chi connectivity index (χ1v) is 12.6. The molecule has 0 unspecified atom stereocenters. The largest absolute Gasteiger partial charge is 0.492 e. The molecule has 7 nitrogen and oxygen atoms in total. The zero-order valence-electron chi connectivity index (χ0n) is 21.3. The molecule has 0 radical (unpaired) electrons. The summed E-state index contributed by atoms with van der Waals surface area (Å²) in [6, 6.07) is 18.3. The van der Waals surface area contributed by atoms with Crippen molar-refractivity contribution < 1.29 is 33.2 Å². The van der Waals surface area contributed by atoms with Gasteiger partial charge in [0.25, 0.3) is 0 Å². The molecule has 1 atom stereocenters. The van der Waals surface area contributed by atoms with E-state index in [-0.39, 0.29) is 11.9 Å². The normalized spacial score (nSPS) is 15.6. The number of benzene rings is 3. The maximum atomic E-state index is 11.7. The van der Waals surface area contributed by atoms with Gasteiger partial charge in [-0.3, -0.25) is 4.79 Å². The SMILES string of the molecule is CCOCCOc1ccc2c(c1)COCc1ccc(COc3ccc4c(c3)OC[C@H]4CC(=O)OC)cc1-2. The minimum atomic E-state index is -0.234. The average Bonchev–Trinajstić information content (AvgIpc) is 3.22. The number of hydrogen-bond acceptors (Lipinski definition) is 7. The van der Waals surface area contributed by atoms with Crippen molar-refractivity contribution in [3.63, 3.8) is 0 Å². The predicted molar refractivity (Wildman–Crippen MR) is 138 cm³/mol. The zero-order chi connectivity index (χ0) is 25.6. The van der Waals surface area contributed by atoms with Gasteiger partial charge >= 0.3 is 5.97 Å². The van der Waals surface area contributed by atoms with Gasteiger partial charge in [-0.1, -0.05) is 24.3 Å². The topological polar surface area (TPSA) is 72.5 Å². The summed E-state index contributed by atoms with van der Waals surface area (Å²) in [5.41, 5.74) is 6.62. The molecule has 0 saturated heterocycles. The fraction of sp³-hybridized carbons (Fsp3) is 0.367. The summed E-state index contributed by atoms with van der Waals surface area (Å²) in [6.07, 6.45) is 0.310. The second-order valence-corrected chi connectivity index (χ2v) is 9.13. The molecule has 0 N–H and O–H groups in total. The van der Waals surface area contributed by atoms with E-state index in [0.29, 0.717) is 52.7 Å². The molecule has 0 spiro atoms. The van der Waals surface area contributed by atoms with Crippen LogP contribution in [0.3, 0.4) is 0 Å². The highest BCUT2D eigenvalue weighted by Gasteiger charge is 2.27. The second kappa shape index (κ2) is 11.7. The second-order valence-electron chi connectivity index (χ2n) is 9.13. The van der Waals surface area contributed by atoms with Crippen LogP contribution < -0.4 is 14.2 Å². The summed E-state index contributed by atoms with van der Waals surface area (Å²) in [4.78, 5) is 11.7. The Morgan fingerprint density at radius 3 is 2.62 bits per heavy atom. The molecule has 194 valence electrons. The summed E-state index contributed by atoms with van der Waals surface area (Å²) in [5.74, 6) is 2.09. The first kappa shape index (κ1) is 25.1. The fourth-order valence-electron chi connectivity index (χ4n) is 4.73. The van der Waals surface area contributed by atoms with Crippen LogP contribution in [0, 0.1) is 0 Å². The van der Waals surface area contributed by atoms with Gasteiger partial charge in [0.05, 0.1) is 40.0 Å². The van der Waals surface area contributed by atoms with Crippen LogP contribution >= 0.6 is 0 Å². The number of esters is 1. The highest BCUT2D eigenvalue weighted by molar-refractivity contribution is 5.73. The van der Waals surface area contributed by atoms with E-state index in [9.17, 15) is 4.79 Å². The number of methoxy groups -OCH3 is 1. The minimum absolute atomic E-state index is 0.0129. The highest BCUT2D eigenvalue weighted by Crippen LogP contribution is 2.39. The lowest BCUT2D eigenvalue weighted by Crippen LogP contribution is -2.09. The Balaban J connectivity index is 1.28. The third-order valence-electron chi connectivity index (χ3n) is 6.67. The number of rotatable bonds is 10. The van der Waals surface area contributed by atoms with Crippen LogP contribution in [0.2, 0.25) is 0 Å². The van der Waals surface area contributed by atoms with E-state index < -0.39 is 0 Å². The molecule has 2 aliphatic heterocycles. The standard InChI is InChI=1S/C30H32O7/c1-3-33-10-11-35-24-6-8-26-22(13-24)18-34-17-21-5-4-20(12-28(21)26)16-36-25-7-9-27-23(14-30(31)32-2)19-37-29(27)15-25/h4-9,12-13,15,23H,3,10-11,14,16-19H2,1-2H3/t23-/m1/s1. The Kier molecular flexibility index (Phi) is 7.92. The molecule has 0 aromatic heterocycles. The molecule has 0 amide bonds. The molecule has 2 heterocycles. The van der Waals surface area contributed by atoms with E-state index in [1.54, 1.807) is 0 Å². The number of carbonyl (C=O) groups is 1. The molecule has 0 fully saturated rings. The van der Waals surface area contributed by atoms with E-state index in [4.69, 9.17) is 28.4 Å². The van der Waals surface area contributed by atoms with E-state index >= 15 is 0 Å². The summed E-state index contributed by atoms with van der Waals surface area (Å²) in [6.45, 7) is 5.73. The van der Waals surface area contributed by atoms with Crippen LogP contribution in [-0.4, -0.2) is 39.5 Å². The van der Waals surface area contributed by atoms with Gasteiger partial charge in [0, 0.05) is 24.2 Å². The third-order valence-corrected chi connectivity index (χ3v) is 6.67. The van der Waals surface area contributed by atoms with Crippen molar-refractivity contribution in [2.45, 2.75) is 39.1 Å². The van der Waals surface area contributed by atoms with Crippen molar-refractivity contribution in [2.24, 2.45) is 0 Å². The predicted octanol–water partition coefficient (Wildman–Crippen LogP) is 5.42. The Hall–Kier alpha value is -3.55. The molecular formula is C30H32O7. The number of hydrogen-bond donors (Lipinski definition) is 0. The van der Waals surface area contributed by atoms with E-state index in [0.717, 1.165) is 50.6 Å². The molecule has 3 aromatic rings. The summed E-state index contributed by atoms with van der Waals surface area (Å²) in [5, 5.41) is 0. The van der Waals surface area contributed by atoms with Crippen LogP contribution in [0.5, 0.6) is 17.2 Å². The van der Waals surface area contributed by atoms with Gasteiger partial charge in [0.15, 0.2) is 0 Å². The molecule has 0 aliphatic carbocycles. The van der Waals surface area contributed by atoms with Gasteiger partial charge in [0.2, 0.25) is 0 Å². The summed E-state index contributed by atoms with van der Waals surface area (Å²) < 4.78 is 33.9. The van der Waals surface area contributed by atoms with Gasteiger partial charge in [0.1, 0.15) is 30.5 Å². The van der Waals surface area contributed by atoms with Crippen molar-refractivity contribution in [3.05, 3.63) is 76.9 Å². The van der Waals surface area contributed by atoms with Gasteiger partial charge in [-0.15, -0.1) is 0 Å². The molecule has 0 bridgehead atoms. The average molecular weight is 505 g/mol. The fourth-order valence-corrected chi connectivity index (χ4v) is 4.73. The molecule has 5 rings (SSSR count). The third kappa shape index (κ3) is 5.89. The number of carbonyl (C=O) groups excluding carboxylic acids is 1. The van der Waals surface area contributed by atoms with E-state index in [1.165, 1.54) is 7.11 Å². The Bertz CT molecular complexity index is 1250. The number of ether oxygens (including phenoxy) is 6. The monoisotopic (exact) mass is 504 g/mol. The molecule has 3 aromatic carbocycles. The Labute approximate surface area is 217 Å². The quantitative estimate of drug-likeness (QED) is 0.270. The molecule has 7 heteroatoms. The van der Waals surface area contributed by atoms with Crippen LogP contribution in [0.15, 0.2) is 54.6 Å². The summed E-state index contributed by atoms with van der Waals surface area (Å²) in [7, 11) is 1.40. The van der Waals surface area contributed by atoms with Crippen LogP contribution in [0.4, 0.5) is 0 Å². The van der Waals surface area contributed by atoms with Crippen molar-refractivity contribution in [1.82, 2.24) is 0 Å². The van der Waals surface area contributed by atoms with E-state index in [1.807, 2.05) is 31.2 Å². The first-order valence-electron chi connectivity index (χ1n) is 12.6. The molecule has 0 saturated carbocycles.